The summed E-state index contributed by atoms with van der Waals surface area (Å²) in [5.74, 6) is 1.17. The van der Waals surface area contributed by atoms with Crippen molar-refractivity contribution in [3.8, 4) is 17.4 Å². The van der Waals surface area contributed by atoms with Crippen molar-refractivity contribution in [2.45, 2.75) is 0 Å². The summed E-state index contributed by atoms with van der Waals surface area (Å²) in [4.78, 5) is 14.9. The molecule has 0 saturated heterocycles. The van der Waals surface area contributed by atoms with E-state index in [1.54, 1.807) is 31.4 Å². The minimum atomic E-state index is -0.518. The summed E-state index contributed by atoms with van der Waals surface area (Å²) in [6, 6.07) is 10.3. The van der Waals surface area contributed by atoms with Crippen molar-refractivity contribution in [2.75, 3.05) is 7.11 Å². The fourth-order valence-corrected chi connectivity index (χ4v) is 1.37. The molecule has 5 heteroatoms. The van der Waals surface area contributed by atoms with Gasteiger partial charge in [0.2, 0.25) is 11.8 Å². The highest BCUT2D eigenvalue weighted by molar-refractivity contribution is 5.92. The largest absolute Gasteiger partial charge is 0.497 e. The van der Waals surface area contributed by atoms with Crippen molar-refractivity contribution >= 4 is 5.91 Å². The molecule has 0 spiro atoms. The molecule has 0 aliphatic carbocycles. The van der Waals surface area contributed by atoms with Crippen LogP contribution in [0.1, 0.15) is 10.4 Å². The van der Waals surface area contributed by atoms with Crippen molar-refractivity contribution in [3.63, 3.8) is 0 Å². The highest BCUT2D eigenvalue weighted by Gasteiger charge is 2.03. The number of methoxy groups -OCH3 is 1. The van der Waals surface area contributed by atoms with E-state index < -0.39 is 5.91 Å². The summed E-state index contributed by atoms with van der Waals surface area (Å²) in [6.07, 6.45) is 1.37. The SMILES string of the molecule is COc1cccc(Oc2ccc(C(N)=O)cn2)c1. The smallest absolute Gasteiger partial charge is 0.250 e. The third-order valence-corrected chi connectivity index (χ3v) is 2.28. The van der Waals surface area contributed by atoms with Gasteiger partial charge in [-0.3, -0.25) is 4.79 Å². The maximum absolute atomic E-state index is 10.9. The number of nitrogens with two attached hydrogens (primary N) is 1. The van der Waals surface area contributed by atoms with Gasteiger partial charge in [0.05, 0.1) is 12.7 Å². The molecule has 0 radical (unpaired) electrons. The number of benzene rings is 1. The van der Waals surface area contributed by atoms with Crippen LogP contribution in [0.4, 0.5) is 0 Å². The van der Waals surface area contributed by atoms with Gasteiger partial charge in [-0.2, -0.15) is 0 Å². The Bertz CT molecular complexity index is 552. The predicted molar refractivity (Wildman–Crippen MR) is 65.8 cm³/mol. The maximum Gasteiger partial charge on any atom is 0.250 e. The molecule has 18 heavy (non-hydrogen) atoms. The van der Waals surface area contributed by atoms with E-state index in [1.165, 1.54) is 6.20 Å². The lowest BCUT2D eigenvalue weighted by atomic mass is 10.3. The molecule has 2 N–H and O–H groups in total. The third kappa shape index (κ3) is 2.76. The molecule has 1 aromatic carbocycles. The lowest BCUT2D eigenvalue weighted by molar-refractivity contribution is 0.1000. The van der Waals surface area contributed by atoms with Crippen LogP contribution in [0.25, 0.3) is 0 Å². The van der Waals surface area contributed by atoms with Crippen LogP contribution in [0.2, 0.25) is 0 Å². The number of rotatable bonds is 4. The van der Waals surface area contributed by atoms with E-state index in [0.717, 1.165) is 0 Å². The molecule has 0 aliphatic heterocycles. The fraction of sp³-hybridized carbons (Fsp3) is 0.0769. The van der Waals surface area contributed by atoms with Gasteiger partial charge < -0.3 is 15.2 Å². The first-order valence-corrected chi connectivity index (χ1v) is 5.27. The number of nitrogens with zero attached hydrogens (tertiary/aromatic N) is 1. The van der Waals surface area contributed by atoms with Crippen LogP contribution in [0, 0.1) is 0 Å². The van der Waals surface area contributed by atoms with E-state index in [0.29, 0.717) is 22.9 Å². The van der Waals surface area contributed by atoms with Gasteiger partial charge in [0.1, 0.15) is 11.5 Å². The lowest BCUT2D eigenvalue weighted by Gasteiger charge is -2.06. The monoisotopic (exact) mass is 244 g/mol. The van der Waals surface area contributed by atoms with Crippen molar-refractivity contribution in [1.82, 2.24) is 4.98 Å². The number of ether oxygens (including phenoxy) is 2. The number of pyridine rings is 1. The first kappa shape index (κ1) is 11.9. The Kier molecular flexibility index (Phi) is 3.43. The molecular weight excluding hydrogens is 232 g/mol. The van der Waals surface area contributed by atoms with Crippen molar-refractivity contribution in [2.24, 2.45) is 5.73 Å². The topological polar surface area (TPSA) is 74.4 Å². The molecule has 1 heterocycles. The van der Waals surface area contributed by atoms with Crippen LogP contribution < -0.4 is 15.2 Å². The first-order valence-electron chi connectivity index (χ1n) is 5.27. The molecule has 0 saturated carbocycles. The zero-order valence-electron chi connectivity index (χ0n) is 9.79. The maximum atomic E-state index is 10.9. The van der Waals surface area contributed by atoms with Crippen LogP contribution >= 0.6 is 0 Å². The lowest BCUT2D eigenvalue weighted by Crippen LogP contribution is -2.10. The molecule has 1 aromatic heterocycles. The third-order valence-electron chi connectivity index (χ3n) is 2.28. The molecular formula is C13H12N2O3. The average Bonchev–Trinajstić information content (AvgIpc) is 2.39. The number of primary amides is 1. The highest BCUT2D eigenvalue weighted by Crippen LogP contribution is 2.23. The molecule has 2 aromatic rings. The van der Waals surface area contributed by atoms with E-state index in [4.69, 9.17) is 15.2 Å². The second-order valence-electron chi connectivity index (χ2n) is 3.53. The Morgan fingerprint density at radius 3 is 2.61 bits per heavy atom. The summed E-state index contributed by atoms with van der Waals surface area (Å²) in [5.41, 5.74) is 5.46. The summed E-state index contributed by atoms with van der Waals surface area (Å²) >= 11 is 0. The quantitative estimate of drug-likeness (QED) is 0.892. The normalized spacial score (nSPS) is 9.83. The molecule has 0 aliphatic rings. The van der Waals surface area contributed by atoms with Gasteiger partial charge >= 0.3 is 0 Å². The molecule has 0 unspecified atom stereocenters. The van der Waals surface area contributed by atoms with Gasteiger partial charge in [-0.05, 0) is 18.2 Å². The Hall–Kier alpha value is -2.56. The number of hydrogen-bond donors (Lipinski definition) is 1. The molecule has 92 valence electrons. The van der Waals surface area contributed by atoms with E-state index in [1.807, 2.05) is 12.1 Å². The van der Waals surface area contributed by atoms with E-state index in [2.05, 4.69) is 4.98 Å². The van der Waals surface area contributed by atoms with Crippen LogP contribution in [0.5, 0.6) is 17.4 Å². The Morgan fingerprint density at radius 1 is 1.22 bits per heavy atom. The van der Waals surface area contributed by atoms with Crippen LogP contribution in [-0.2, 0) is 0 Å². The Balaban J connectivity index is 2.15. The fourth-order valence-electron chi connectivity index (χ4n) is 1.37. The summed E-state index contributed by atoms with van der Waals surface area (Å²) in [7, 11) is 1.58. The van der Waals surface area contributed by atoms with E-state index in [-0.39, 0.29) is 0 Å². The van der Waals surface area contributed by atoms with Crippen molar-refractivity contribution < 1.29 is 14.3 Å². The van der Waals surface area contributed by atoms with Crippen LogP contribution in [-0.4, -0.2) is 18.0 Å². The number of carbonyl (C=O) groups excluding carboxylic acids is 1. The van der Waals surface area contributed by atoms with Gasteiger partial charge in [0.15, 0.2) is 0 Å². The molecule has 0 atom stereocenters. The number of amides is 1. The van der Waals surface area contributed by atoms with Crippen molar-refractivity contribution in [1.29, 1.82) is 0 Å². The minimum absolute atomic E-state index is 0.341. The van der Waals surface area contributed by atoms with Gasteiger partial charge in [-0.15, -0.1) is 0 Å². The number of aromatic nitrogens is 1. The zero-order chi connectivity index (χ0) is 13.0. The first-order chi connectivity index (χ1) is 8.69. The van der Waals surface area contributed by atoms with Crippen LogP contribution in [0.3, 0.4) is 0 Å². The highest BCUT2D eigenvalue weighted by atomic mass is 16.5. The molecule has 0 fully saturated rings. The molecule has 1 amide bonds. The van der Waals surface area contributed by atoms with E-state index in [9.17, 15) is 4.79 Å². The molecule has 0 bridgehead atoms. The predicted octanol–water partition coefficient (Wildman–Crippen LogP) is 1.98. The summed E-state index contributed by atoms with van der Waals surface area (Å²) < 4.78 is 10.6. The van der Waals surface area contributed by atoms with Crippen LogP contribution in [0.15, 0.2) is 42.6 Å². The van der Waals surface area contributed by atoms with Gasteiger partial charge in [0.25, 0.3) is 0 Å². The molecule has 5 nitrogen and oxygen atoms in total. The average molecular weight is 244 g/mol. The summed E-state index contributed by atoms with van der Waals surface area (Å²) in [6.45, 7) is 0. The number of carbonyl (C=O) groups is 1. The second-order valence-corrected chi connectivity index (χ2v) is 3.53. The van der Waals surface area contributed by atoms with Crippen molar-refractivity contribution in [3.05, 3.63) is 48.2 Å². The Morgan fingerprint density at radius 2 is 2.00 bits per heavy atom. The van der Waals surface area contributed by atoms with Gasteiger partial charge in [-0.25, -0.2) is 4.98 Å². The zero-order valence-corrected chi connectivity index (χ0v) is 9.79. The van der Waals surface area contributed by atoms with Gasteiger partial charge in [-0.1, -0.05) is 6.07 Å². The summed E-state index contributed by atoms with van der Waals surface area (Å²) in [5, 5.41) is 0. The standard InChI is InChI=1S/C13H12N2O3/c1-17-10-3-2-4-11(7-10)18-12-6-5-9(8-15-12)13(14)16/h2-8H,1H3,(H2,14,16). The molecule has 2 rings (SSSR count). The minimum Gasteiger partial charge on any atom is -0.497 e. The Labute approximate surface area is 104 Å². The second kappa shape index (κ2) is 5.18. The number of hydrogen-bond acceptors (Lipinski definition) is 4. The van der Waals surface area contributed by atoms with E-state index >= 15 is 0 Å². The van der Waals surface area contributed by atoms with Gasteiger partial charge in [0, 0.05) is 18.3 Å².